The molecule has 0 saturated carbocycles. The molecule has 0 radical (unpaired) electrons. The third kappa shape index (κ3) is 3.06. The fourth-order valence-corrected chi connectivity index (χ4v) is 2.58. The molecule has 0 bridgehead atoms. The lowest BCUT2D eigenvalue weighted by atomic mass is 10.3. The first-order valence-corrected chi connectivity index (χ1v) is 7.70. The van der Waals surface area contributed by atoms with Crippen molar-refractivity contribution in [3.63, 3.8) is 0 Å². The van der Waals surface area contributed by atoms with Crippen molar-refractivity contribution in [2.75, 3.05) is 5.32 Å². The molecular weight excluding hydrogens is 405 g/mol. The van der Waals surface area contributed by atoms with E-state index in [1.807, 2.05) is 11.6 Å². The topological polar surface area (TPSA) is 29.9 Å². The summed E-state index contributed by atoms with van der Waals surface area (Å²) in [6.45, 7) is 5.78. The maximum absolute atomic E-state index is 4.48. The van der Waals surface area contributed by atoms with Crippen molar-refractivity contribution in [1.29, 1.82) is 0 Å². The Morgan fingerprint density at radius 2 is 2.00 bits per heavy atom. The van der Waals surface area contributed by atoms with Gasteiger partial charge in [0, 0.05) is 15.8 Å². The SMILES string of the molecule is CCn1nc(C)c(Br)c1CNc1ccc(I)cc1. The summed E-state index contributed by atoms with van der Waals surface area (Å²) in [6, 6.07) is 8.38. The van der Waals surface area contributed by atoms with Crippen LogP contribution in [0.1, 0.15) is 18.3 Å². The van der Waals surface area contributed by atoms with Crippen LogP contribution in [-0.4, -0.2) is 9.78 Å². The van der Waals surface area contributed by atoms with Gasteiger partial charge in [0.2, 0.25) is 0 Å². The maximum Gasteiger partial charge on any atom is 0.0739 e. The van der Waals surface area contributed by atoms with Crippen molar-refractivity contribution in [2.24, 2.45) is 0 Å². The number of halogens is 2. The Morgan fingerprint density at radius 1 is 1.33 bits per heavy atom. The van der Waals surface area contributed by atoms with Crippen molar-refractivity contribution >= 4 is 44.2 Å². The number of hydrogen-bond donors (Lipinski definition) is 1. The molecular formula is C13H15BrIN3. The van der Waals surface area contributed by atoms with Crippen LogP contribution in [0.15, 0.2) is 28.7 Å². The van der Waals surface area contributed by atoms with Gasteiger partial charge in [0.25, 0.3) is 0 Å². The molecule has 0 fully saturated rings. The van der Waals surface area contributed by atoms with Gasteiger partial charge in [-0.15, -0.1) is 0 Å². The lowest BCUT2D eigenvalue weighted by Crippen LogP contribution is -2.08. The van der Waals surface area contributed by atoms with Crippen LogP contribution in [0.25, 0.3) is 0 Å². The Hall–Kier alpha value is -0.560. The molecule has 0 aliphatic heterocycles. The van der Waals surface area contributed by atoms with Gasteiger partial charge in [0.1, 0.15) is 0 Å². The van der Waals surface area contributed by atoms with Crippen LogP contribution in [0.5, 0.6) is 0 Å². The smallest absolute Gasteiger partial charge is 0.0739 e. The molecule has 2 aromatic rings. The Kier molecular flexibility index (Phi) is 4.66. The van der Waals surface area contributed by atoms with Gasteiger partial charge >= 0.3 is 0 Å². The summed E-state index contributed by atoms with van der Waals surface area (Å²) in [7, 11) is 0. The standard InChI is InChI=1S/C13H15BrIN3/c1-3-18-12(13(14)9(2)17-18)8-16-11-6-4-10(15)5-7-11/h4-7,16H,3,8H2,1-2H3. The van der Waals surface area contributed by atoms with Crippen molar-refractivity contribution in [3.05, 3.63) is 43.7 Å². The average Bonchev–Trinajstić information content (AvgIpc) is 2.65. The highest BCUT2D eigenvalue weighted by Gasteiger charge is 2.11. The molecule has 0 aliphatic rings. The van der Waals surface area contributed by atoms with Crippen LogP contribution in [0, 0.1) is 10.5 Å². The van der Waals surface area contributed by atoms with E-state index in [0.29, 0.717) is 0 Å². The van der Waals surface area contributed by atoms with Gasteiger partial charge in [0.15, 0.2) is 0 Å². The zero-order valence-corrected chi connectivity index (χ0v) is 14.1. The first kappa shape index (κ1) is 13.9. The van der Waals surface area contributed by atoms with Crippen molar-refractivity contribution < 1.29 is 0 Å². The molecule has 0 saturated heterocycles. The number of nitrogens with one attached hydrogen (secondary N) is 1. The molecule has 0 spiro atoms. The van der Waals surface area contributed by atoms with Gasteiger partial charge < -0.3 is 5.32 Å². The van der Waals surface area contributed by atoms with Crippen molar-refractivity contribution in [2.45, 2.75) is 26.9 Å². The molecule has 1 N–H and O–H groups in total. The van der Waals surface area contributed by atoms with Crippen LogP contribution >= 0.6 is 38.5 Å². The summed E-state index contributed by atoms with van der Waals surface area (Å²) >= 11 is 5.91. The summed E-state index contributed by atoms with van der Waals surface area (Å²) in [5, 5.41) is 7.91. The highest BCUT2D eigenvalue weighted by atomic mass is 127. The van der Waals surface area contributed by atoms with Crippen LogP contribution < -0.4 is 5.32 Å². The third-order valence-corrected chi connectivity index (χ3v) is 4.51. The lowest BCUT2D eigenvalue weighted by molar-refractivity contribution is 0.622. The van der Waals surface area contributed by atoms with Crippen LogP contribution in [-0.2, 0) is 13.1 Å². The highest BCUT2D eigenvalue weighted by molar-refractivity contribution is 14.1. The summed E-state index contributed by atoms with van der Waals surface area (Å²) in [6.07, 6.45) is 0. The average molecular weight is 420 g/mol. The second-order valence-electron chi connectivity index (χ2n) is 4.02. The van der Waals surface area contributed by atoms with E-state index in [0.717, 1.165) is 28.9 Å². The Morgan fingerprint density at radius 3 is 2.61 bits per heavy atom. The lowest BCUT2D eigenvalue weighted by Gasteiger charge is -2.09. The van der Waals surface area contributed by atoms with E-state index in [9.17, 15) is 0 Å². The van der Waals surface area contributed by atoms with Crippen LogP contribution in [0.4, 0.5) is 5.69 Å². The Labute approximate surface area is 129 Å². The van der Waals surface area contributed by atoms with Gasteiger partial charge in [-0.05, 0) is 76.6 Å². The van der Waals surface area contributed by atoms with Crippen molar-refractivity contribution in [1.82, 2.24) is 9.78 Å². The second kappa shape index (κ2) is 6.06. The first-order valence-electron chi connectivity index (χ1n) is 5.83. The van der Waals surface area contributed by atoms with E-state index < -0.39 is 0 Å². The minimum atomic E-state index is 0.774. The third-order valence-electron chi connectivity index (χ3n) is 2.76. The second-order valence-corrected chi connectivity index (χ2v) is 6.06. The van der Waals surface area contributed by atoms with E-state index in [-0.39, 0.29) is 0 Å². The zero-order chi connectivity index (χ0) is 13.1. The van der Waals surface area contributed by atoms with Gasteiger partial charge in [-0.25, -0.2) is 0 Å². The fourth-order valence-electron chi connectivity index (χ4n) is 1.79. The molecule has 18 heavy (non-hydrogen) atoms. The predicted octanol–water partition coefficient (Wildman–Crippen LogP) is 4.19. The largest absolute Gasteiger partial charge is 0.379 e. The molecule has 1 heterocycles. The number of benzene rings is 1. The van der Waals surface area contributed by atoms with E-state index in [4.69, 9.17) is 0 Å². The van der Waals surface area contributed by atoms with E-state index >= 15 is 0 Å². The van der Waals surface area contributed by atoms with Crippen LogP contribution in [0.3, 0.4) is 0 Å². The minimum absolute atomic E-state index is 0.774. The van der Waals surface area contributed by atoms with Gasteiger partial charge in [0.05, 0.1) is 22.4 Å². The molecule has 5 heteroatoms. The minimum Gasteiger partial charge on any atom is -0.379 e. The molecule has 0 amide bonds. The number of aromatic nitrogens is 2. The molecule has 2 rings (SSSR count). The highest BCUT2D eigenvalue weighted by Crippen LogP contribution is 2.22. The normalized spacial score (nSPS) is 10.7. The molecule has 1 aromatic heterocycles. The molecule has 1 aromatic carbocycles. The quantitative estimate of drug-likeness (QED) is 0.753. The summed E-state index contributed by atoms with van der Waals surface area (Å²) < 4.78 is 4.37. The monoisotopic (exact) mass is 419 g/mol. The number of hydrogen-bond acceptors (Lipinski definition) is 2. The molecule has 96 valence electrons. The van der Waals surface area contributed by atoms with Crippen molar-refractivity contribution in [3.8, 4) is 0 Å². The molecule has 0 atom stereocenters. The summed E-state index contributed by atoms with van der Waals surface area (Å²) in [4.78, 5) is 0. The molecule has 0 unspecified atom stereocenters. The van der Waals surface area contributed by atoms with E-state index in [2.05, 4.69) is 80.1 Å². The zero-order valence-electron chi connectivity index (χ0n) is 10.4. The molecule has 0 aliphatic carbocycles. The van der Waals surface area contributed by atoms with E-state index in [1.54, 1.807) is 0 Å². The predicted molar refractivity (Wildman–Crippen MR) is 86.8 cm³/mol. The fraction of sp³-hybridized carbons (Fsp3) is 0.308. The summed E-state index contributed by atoms with van der Waals surface area (Å²) in [5.74, 6) is 0. The van der Waals surface area contributed by atoms with Crippen LogP contribution in [0.2, 0.25) is 0 Å². The van der Waals surface area contributed by atoms with Gasteiger partial charge in [-0.2, -0.15) is 5.10 Å². The Balaban J connectivity index is 2.12. The number of rotatable bonds is 4. The summed E-state index contributed by atoms with van der Waals surface area (Å²) in [5.41, 5.74) is 3.36. The van der Waals surface area contributed by atoms with E-state index in [1.165, 1.54) is 9.26 Å². The molecule has 3 nitrogen and oxygen atoms in total. The van der Waals surface area contributed by atoms with Gasteiger partial charge in [-0.1, -0.05) is 0 Å². The first-order chi connectivity index (χ1) is 8.61. The Bertz CT molecular complexity index is 534. The maximum atomic E-state index is 4.48. The van der Waals surface area contributed by atoms with Gasteiger partial charge in [-0.3, -0.25) is 4.68 Å². The number of nitrogens with zero attached hydrogens (tertiary/aromatic N) is 2. The number of anilines is 1. The number of aryl methyl sites for hydroxylation is 2.